The molecule has 0 atom stereocenters. The van der Waals surface area contributed by atoms with Crippen molar-refractivity contribution in [2.24, 2.45) is 0 Å². The van der Waals surface area contributed by atoms with Crippen LogP contribution in [0.25, 0.3) is 20.7 Å². The average Bonchev–Trinajstić information content (AvgIpc) is 2.84. The van der Waals surface area contributed by atoms with Gasteiger partial charge in [-0.25, -0.2) is 0 Å². The molecule has 5 heteroatoms. The lowest BCUT2D eigenvalue weighted by Gasteiger charge is -1.96. The van der Waals surface area contributed by atoms with Crippen molar-refractivity contribution in [3.8, 4) is 10.6 Å². The van der Waals surface area contributed by atoms with Crippen LogP contribution in [0.15, 0.2) is 29.6 Å². The maximum Gasteiger partial charge on any atom is 0.207 e. The summed E-state index contributed by atoms with van der Waals surface area (Å²) in [7, 11) is 0. The van der Waals surface area contributed by atoms with E-state index in [2.05, 4.69) is 33.8 Å². The fourth-order valence-corrected chi connectivity index (χ4v) is 3.31. The molecule has 2 aromatic heterocycles. The van der Waals surface area contributed by atoms with Gasteiger partial charge in [0.15, 0.2) is 0 Å². The molecule has 3 rings (SSSR count). The van der Waals surface area contributed by atoms with Gasteiger partial charge in [0, 0.05) is 10.3 Å². The van der Waals surface area contributed by atoms with Crippen LogP contribution in [-0.4, -0.2) is 10.2 Å². The molecule has 0 fully saturated rings. The Labute approximate surface area is 99.2 Å². The van der Waals surface area contributed by atoms with Crippen molar-refractivity contribution in [1.29, 1.82) is 0 Å². The third-order valence-electron chi connectivity index (χ3n) is 2.11. The predicted molar refractivity (Wildman–Crippen MR) is 65.7 cm³/mol. The normalized spacial score (nSPS) is 11.0. The summed E-state index contributed by atoms with van der Waals surface area (Å²) in [6, 6.07) is 8.28. The van der Waals surface area contributed by atoms with Crippen molar-refractivity contribution in [3.05, 3.63) is 34.1 Å². The number of fused-ring (bicyclic) bond motifs is 1. The number of rotatable bonds is 1. The minimum absolute atomic E-state index is 0.485. The molecule has 0 amide bonds. The van der Waals surface area contributed by atoms with Crippen LogP contribution in [0, 0.1) is 0 Å². The van der Waals surface area contributed by atoms with Crippen molar-refractivity contribution in [1.82, 2.24) is 10.2 Å². The molecule has 3 aromatic rings. The topological polar surface area (TPSA) is 25.8 Å². The van der Waals surface area contributed by atoms with Crippen molar-refractivity contribution in [3.63, 3.8) is 0 Å². The molecule has 0 unspecified atom stereocenters. The molecule has 1 aromatic carbocycles. The Bertz CT molecular complexity index is 614. The lowest BCUT2D eigenvalue weighted by Crippen LogP contribution is -1.76. The molecule has 0 spiro atoms. The molecule has 0 saturated carbocycles. The van der Waals surface area contributed by atoms with Gasteiger partial charge in [-0.2, -0.15) is 0 Å². The Morgan fingerprint density at radius 2 is 2.07 bits per heavy atom. The molecule has 74 valence electrons. The summed E-state index contributed by atoms with van der Waals surface area (Å²) < 4.78 is 1.73. The van der Waals surface area contributed by atoms with E-state index in [4.69, 9.17) is 11.6 Å². The zero-order valence-corrected chi connectivity index (χ0v) is 9.86. The number of benzene rings is 1. The zero-order chi connectivity index (χ0) is 10.3. The fourth-order valence-electron chi connectivity index (χ4n) is 1.48. The number of thiophene rings is 1. The van der Waals surface area contributed by atoms with E-state index in [0.29, 0.717) is 4.47 Å². The summed E-state index contributed by atoms with van der Waals surface area (Å²) in [5.74, 6) is 0. The largest absolute Gasteiger partial charge is 0.207 e. The molecule has 0 aliphatic rings. The molecule has 2 heterocycles. The van der Waals surface area contributed by atoms with E-state index in [0.717, 1.165) is 10.6 Å². The molecule has 15 heavy (non-hydrogen) atoms. The van der Waals surface area contributed by atoms with Gasteiger partial charge in [-0.15, -0.1) is 21.5 Å². The SMILES string of the molecule is Clc1nnc(-c2cccc3ccsc23)s1. The van der Waals surface area contributed by atoms with Gasteiger partial charge < -0.3 is 0 Å². The monoisotopic (exact) mass is 252 g/mol. The molecule has 0 saturated heterocycles. The second-order valence-corrected chi connectivity index (χ2v) is 5.48. The molecule has 0 radical (unpaired) electrons. The van der Waals surface area contributed by atoms with Crippen LogP contribution in [0.5, 0.6) is 0 Å². The standard InChI is InChI=1S/C10H5ClN2S2/c11-10-13-12-9(15-10)7-3-1-2-6-4-5-14-8(6)7/h1-5H. The Morgan fingerprint density at radius 3 is 2.87 bits per heavy atom. The van der Waals surface area contributed by atoms with Gasteiger partial charge in [-0.05, 0) is 28.4 Å². The minimum Gasteiger partial charge on any atom is -0.143 e. The van der Waals surface area contributed by atoms with Crippen LogP contribution >= 0.6 is 34.3 Å². The first-order valence-electron chi connectivity index (χ1n) is 4.30. The van der Waals surface area contributed by atoms with Gasteiger partial charge in [0.1, 0.15) is 5.01 Å². The molecule has 0 bridgehead atoms. The predicted octanol–water partition coefficient (Wildman–Crippen LogP) is 4.07. The maximum atomic E-state index is 5.78. The smallest absolute Gasteiger partial charge is 0.143 e. The Morgan fingerprint density at radius 1 is 1.13 bits per heavy atom. The van der Waals surface area contributed by atoms with E-state index in [1.165, 1.54) is 21.4 Å². The van der Waals surface area contributed by atoms with E-state index in [9.17, 15) is 0 Å². The zero-order valence-electron chi connectivity index (χ0n) is 7.48. The highest BCUT2D eigenvalue weighted by molar-refractivity contribution is 7.20. The first-order valence-corrected chi connectivity index (χ1v) is 6.37. The summed E-state index contributed by atoms with van der Waals surface area (Å²) in [5, 5.41) is 12.1. The quantitative estimate of drug-likeness (QED) is 0.652. The van der Waals surface area contributed by atoms with E-state index < -0.39 is 0 Å². The third kappa shape index (κ3) is 1.55. The van der Waals surface area contributed by atoms with E-state index in [1.807, 2.05) is 6.07 Å². The lowest BCUT2D eigenvalue weighted by molar-refractivity contribution is 1.10. The van der Waals surface area contributed by atoms with Crippen LogP contribution < -0.4 is 0 Å². The minimum atomic E-state index is 0.485. The average molecular weight is 253 g/mol. The van der Waals surface area contributed by atoms with Crippen molar-refractivity contribution in [2.45, 2.75) is 0 Å². The second kappa shape index (κ2) is 3.56. The summed E-state index contributed by atoms with van der Waals surface area (Å²) in [6.07, 6.45) is 0. The van der Waals surface area contributed by atoms with Crippen LogP contribution in [-0.2, 0) is 0 Å². The fraction of sp³-hybridized carbons (Fsp3) is 0. The first kappa shape index (κ1) is 9.27. The Hall–Kier alpha value is -0.970. The Balaban J connectivity index is 2.30. The molecule has 0 aliphatic carbocycles. The van der Waals surface area contributed by atoms with Gasteiger partial charge in [0.2, 0.25) is 4.47 Å². The van der Waals surface area contributed by atoms with Crippen LogP contribution in [0.2, 0.25) is 4.47 Å². The first-order chi connectivity index (χ1) is 7.34. The molecular formula is C10H5ClN2S2. The molecule has 2 nitrogen and oxygen atoms in total. The number of aromatic nitrogens is 2. The van der Waals surface area contributed by atoms with Gasteiger partial charge in [0.25, 0.3) is 0 Å². The summed E-state index contributed by atoms with van der Waals surface area (Å²) >= 11 is 8.91. The van der Waals surface area contributed by atoms with Crippen LogP contribution in [0.3, 0.4) is 0 Å². The van der Waals surface area contributed by atoms with E-state index >= 15 is 0 Å². The number of hydrogen-bond donors (Lipinski definition) is 0. The molecule has 0 N–H and O–H groups in total. The maximum absolute atomic E-state index is 5.78. The van der Waals surface area contributed by atoms with Gasteiger partial charge in [-0.3, -0.25) is 0 Å². The number of hydrogen-bond acceptors (Lipinski definition) is 4. The molecule has 0 aliphatic heterocycles. The molecular weight excluding hydrogens is 248 g/mol. The number of nitrogens with zero attached hydrogens (tertiary/aromatic N) is 2. The van der Waals surface area contributed by atoms with Gasteiger partial charge >= 0.3 is 0 Å². The Kier molecular flexibility index (Phi) is 2.20. The lowest BCUT2D eigenvalue weighted by atomic mass is 10.2. The summed E-state index contributed by atoms with van der Waals surface area (Å²) in [6.45, 7) is 0. The van der Waals surface area contributed by atoms with Crippen LogP contribution in [0.1, 0.15) is 0 Å². The summed E-state index contributed by atoms with van der Waals surface area (Å²) in [4.78, 5) is 0. The highest BCUT2D eigenvalue weighted by Crippen LogP contribution is 2.34. The van der Waals surface area contributed by atoms with Crippen LogP contribution in [0.4, 0.5) is 0 Å². The van der Waals surface area contributed by atoms with Crippen molar-refractivity contribution >= 4 is 44.4 Å². The van der Waals surface area contributed by atoms with Gasteiger partial charge in [-0.1, -0.05) is 29.5 Å². The van der Waals surface area contributed by atoms with E-state index in [1.54, 1.807) is 11.3 Å². The van der Waals surface area contributed by atoms with E-state index in [-0.39, 0.29) is 0 Å². The number of halogens is 1. The third-order valence-corrected chi connectivity index (χ3v) is 4.13. The van der Waals surface area contributed by atoms with Crippen molar-refractivity contribution < 1.29 is 0 Å². The summed E-state index contributed by atoms with van der Waals surface area (Å²) in [5.41, 5.74) is 1.12. The van der Waals surface area contributed by atoms with Gasteiger partial charge in [0.05, 0.1) is 0 Å². The highest BCUT2D eigenvalue weighted by atomic mass is 35.5. The van der Waals surface area contributed by atoms with Crippen molar-refractivity contribution in [2.75, 3.05) is 0 Å². The second-order valence-electron chi connectivity index (χ2n) is 3.00. The highest BCUT2D eigenvalue weighted by Gasteiger charge is 2.09.